The summed E-state index contributed by atoms with van der Waals surface area (Å²) in [5.74, 6) is -0.831. The van der Waals surface area contributed by atoms with Crippen molar-refractivity contribution in [3.63, 3.8) is 0 Å². The molecule has 0 aliphatic carbocycles. The minimum atomic E-state index is -0.755. The molecule has 3 rings (SSSR count). The van der Waals surface area contributed by atoms with E-state index >= 15 is 0 Å². The van der Waals surface area contributed by atoms with Crippen LogP contribution in [-0.2, 0) is 9.59 Å². The molecule has 1 atom stereocenters. The molecule has 31 heavy (non-hydrogen) atoms. The molecular weight excluding hydrogens is 394 g/mol. The van der Waals surface area contributed by atoms with Crippen LogP contribution in [-0.4, -0.2) is 40.0 Å². The molecule has 0 aromatic heterocycles. The van der Waals surface area contributed by atoms with Gasteiger partial charge in [0.2, 0.25) is 0 Å². The number of Topliss-reactive ketones (excluding diaryl/α,β-unsaturated/α-hetero) is 1. The van der Waals surface area contributed by atoms with Crippen LogP contribution < -0.4 is 4.74 Å². The zero-order valence-corrected chi connectivity index (χ0v) is 18.2. The van der Waals surface area contributed by atoms with Gasteiger partial charge in [0.1, 0.15) is 17.3 Å². The fourth-order valence-corrected chi connectivity index (χ4v) is 3.81. The first-order valence-corrected chi connectivity index (χ1v) is 10.7. The SMILES string of the molecule is CCCCN1C(=O)C(=O)/C(=C(\O)c2ccc(OCCC)c(C)c2)C1c1cccc(O)c1. The van der Waals surface area contributed by atoms with Gasteiger partial charge in [-0.25, -0.2) is 0 Å². The lowest BCUT2D eigenvalue weighted by Crippen LogP contribution is -2.30. The quantitative estimate of drug-likeness (QED) is 0.365. The molecule has 0 spiro atoms. The van der Waals surface area contributed by atoms with Gasteiger partial charge in [-0.3, -0.25) is 9.59 Å². The maximum Gasteiger partial charge on any atom is 0.295 e. The van der Waals surface area contributed by atoms with Crippen molar-refractivity contribution in [1.82, 2.24) is 4.90 Å². The summed E-state index contributed by atoms with van der Waals surface area (Å²) in [6, 6.07) is 10.9. The number of rotatable bonds is 8. The van der Waals surface area contributed by atoms with Crippen LogP contribution in [0.2, 0.25) is 0 Å². The number of carbonyl (C=O) groups excluding carboxylic acids is 2. The Balaban J connectivity index is 2.10. The first-order chi connectivity index (χ1) is 14.9. The highest BCUT2D eigenvalue weighted by Gasteiger charge is 2.45. The number of nitrogens with zero attached hydrogens (tertiary/aromatic N) is 1. The highest BCUT2D eigenvalue weighted by molar-refractivity contribution is 6.46. The Hall–Kier alpha value is -3.28. The van der Waals surface area contributed by atoms with Crippen molar-refractivity contribution in [2.45, 2.75) is 46.1 Å². The topological polar surface area (TPSA) is 87.1 Å². The average Bonchev–Trinajstić information content (AvgIpc) is 3.01. The van der Waals surface area contributed by atoms with Gasteiger partial charge in [-0.05, 0) is 61.2 Å². The third-order valence-corrected chi connectivity index (χ3v) is 5.39. The number of aliphatic hydroxyl groups excluding tert-OH is 1. The molecular formula is C25H29NO5. The van der Waals surface area contributed by atoms with Gasteiger partial charge >= 0.3 is 0 Å². The predicted molar refractivity (Wildman–Crippen MR) is 119 cm³/mol. The van der Waals surface area contributed by atoms with E-state index in [0.717, 1.165) is 24.8 Å². The second-order valence-electron chi connectivity index (χ2n) is 7.77. The van der Waals surface area contributed by atoms with Crippen LogP contribution >= 0.6 is 0 Å². The Labute approximate surface area is 182 Å². The molecule has 6 nitrogen and oxygen atoms in total. The van der Waals surface area contributed by atoms with Crippen LogP contribution in [0.5, 0.6) is 11.5 Å². The lowest BCUT2D eigenvalue weighted by Gasteiger charge is -2.25. The van der Waals surface area contributed by atoms with Crippen LogP contribution in [0.15, 0.2) is 48.0 Å². The number of aliphatic hydroxyl groups is 1. The minimum Gasteiger partial charge on any atom is -0.508 e. The van der Waals surface area contributed by atoms with Crippen molar-refractivity contribution in [2.75, 3.05) is 13.2 Å². The average molecular weight is 424 g/mol. The highest BCUT2D eigenvalue weighted by atomic mass is 16.5. The number of ketones is 1. The van der Waals surface area contributed by atoms with Crippen molar-refractivity contribution >= 4 is 17.4 Å². The smallest absolute Gasteiger partial charge is 0.295 e. The summed E-state index contributed by atoms with van der Waals surface area (Å²) in [6.07, 6.45) is 2.46. The van der Waals surface area contributed by atoms with Gasteiger partial charge in [0.15, 0.2) is 0 Å². The standard InChI is InChI=1S/C25H29NO5/c1-4-6-12-26-22(17-8-7-9-19(27)15-17)21(24(29)25(26)30)23(28)18-10-11-20(16(3)14-18)31-13-5-2/h7-11,14-15,22,27-28H,4-6,12-13H2,1-3H3/b23-21-. The van der Waals surface area contributed by atoms with E-state index in [-0.39, 0.29) is 17.1 Å². The number of unbranched alkanes of at least 4 members (excludes halogenated alkanes) is 1. The molecule has 1 heterocycles. The summed E-state index contributed by atoms with van der Waals surface area (Å²) in [6.45, 7) is 6.88. The first-order valence-electron chi connectivity index (χ1n) is 10.7. The lowest BCUT2D eigenvalue weighted by molar-refractivity contribution is -0.139. The Morgan fingerprint density at radius 1 is 1.10 bits per heavy atom. The number of phenols is 1. The number of likely N-dealkylation sites (tertiary alicyclic amines) is 1. The van der Waals surface area contributed by atoms with Gasteiger partial charge in [-0.15, -0.1) is 0 Å². The Bertz CT molecular complexity index is 1010. The summed E-state index contributed by atoms with van der Waals surface area (Å²) < 4.78 is 5.69. The van der Waals surface area contributed by atoms with Crippen LogP contribution in [0.4, 0.5) is 0 Å². The van der Waals surface area contributed by atoms with Gasteiger partial charge in [-0.2, -0.15) is 0 Å². The minimum absolute atomic E-state index is 0.0341. The maximum absolute atomic E-state index is 13.0. The third-order valence-electron chi connectivity index (χ3n) is 5.39. The van der Waals surface area contributed by atoms with Gasteiger partial charge in [0.05, 0.1) is 18.2 Å². The summed E-state index contributed by atoms with van der Waals surface area (Å²) in [5, 5.41) is 21.1. The van der Waals surface area contributed by atoms with E-state index in [0.29, 0.717) is 30.0 Å². The van der Waals surface area contributed by atoms with E-state index in [1.165, 1.54) is 17.0 Å². The van der Waals surface area contributed by atoms with E-state index in [1.54, 1.807) is 30.3 Å². The summed E-state index contributed by atoms with van der Waals surface area (Å²) in [5.41, 5.74) is 1.89. The van der Waals surface area contributed by atoms with Crippen molar-refractivity contribution in [2.24, 2.45) is 0 Å². The number of aryl methyl sites for hydroxylation is 1. The Morgan fingerprint density at radius 3 is 2.52 bits per heavy atom. The molecule has 1 fully saturated rings. The van der Waals surface area contributed by atoms with Crippen LogP contribution in [0, 0.1) is 6.92 Å². The normalized spacial score (nSPS) is 17.9. The molecule has 1 amide bonds. The zero-order valence-electron chi connectivity index (χ0n) is 18.2. The second-order valence-corrected chi connectivity index (χ2v) is 7.77. The zero-order chi connectivity index (χ0) is 22.5. The molecule has 164 valence electrons. The van der Waals surface area contributed by atoms with E-state index in [4.69, 9.17) is 4.74 Å². The third kappa shape index (κ3) is 4.58. The fourth-order valence-electron chi connectivity index (χ4n) is 3.81. The Morgan fingerprint density at radius 2 is 1.87 bits per heavy atom. The van der Waals surface area contributed by atoms with Crippen molar-refractivity contribution in [3.8, 4) is 11.5 Å². The number of carbonyl (C=O) groups is 2. The molecule has 0 bridgehead atoms. The molecule has 2 aromatic rings. The molecule has 1 saturated heterocycles. The Kier molecular flexibility index (Phi) is 7.00. The predicted octanol–water partition coefficient (Wildman–Crippen LogP) is 4.71. The molecule has 1 aliphatic rings. The van der Waals surface area contributed by atoms with E-state index < -0.39 is 17.7 Å². The summed E-state index contributed by atoms with van der Waals surface area (Å²) in [7, 11) is 0. The van der Waals surface area contributed by atoms with Crippen molar-refractivity contribution in [1.29, 1.82) is 0 Å². The molecule has 1 unspecified atom stereocenters. The number of ether oxygens (including phenoxy) is 1. The van der Waals surface area contributed by atoms with E-state index in [1.807, 2.05) is 20.8 Å². The van der Waals surface area contributed by atoms with Gasteiger partial charge in [0.25, 0.3) is 11.7 Å². The number of hydrogen-bond donors (Lipinski definition) is 2. The van der Waals surface area contributed by atoms with Crippen molar-refractivity contribution in [3.05, 3.63) is 64.7 Å². The summed E-state index contributed by atoms with van der Waals surface area (Å²) in [4.78, 5) is 27.3. The van der Waals surface area contributed by atoms with Crippen LogP contribution in [0.25, 0.3) is 5.76 Å². The monoisotopic (exact) mass is 423 g/mol. The molecule has 2 N–H and O–H groups in total. The number of hydrogen-bond acceptors (Lipinski definition) is 5. The fraction of sp³-hybridized carbons (Fsp3) is 0.360. The number of benzene rings is 2. The van der Waals surface area contributed by atoms with E-state index in [9.17, 15) is 19.8 Å². The number of amides is 1. The lowest BCUT2D eigenvalue weighted by atomic mass is 9.94. The van der Waals surface area contributed by atoms with Crippen LogP contribution in [0.3, 0.4) is 0 Å². The van der Waals surface area contributed by atoms with Crippen LogP contribution in [0.1, 0.15) is 55.8 Å². The first kappa shape index (κ1) is 22.4. The highest BCUT2D eigenvalue weighted by Crippen LogP contribution is 2.40. The molecule has 2 aromatic carbocycles. The number of aromatic hydroxyl groups is 1. The molecule has 0 radical (unpaired) electrons. The second kappa shape index (κ2) is 9.69. The summed E-state index contributed by atoms with van der Waals surface area (Å²) >= 11 is 0. The van der Waals surface area contributed by atoms with Gasteiger partial charge in [0, 0.05) is 12.1 Å². The largest absolute Gasteiger partial charge is 0.508 e. The molecule has 0 saturated carbocycles. The molecule has 6 heteroatoms. The van der Waals surface area contributed by atoms with E-state index in [2.05, 4.69) is 0 Å². The number of phenolic OH excluding ortho intramolecular Hbond substituents is 1. The molecule has 1 aliphatic heterocycles. The maximum atomic E-state index is 13.0. The van der Waals surface area contributed by atoms with Crippen molar-refractivity contribution < 1.29 is 24.5 Å². The van der Waals surface area contributed by atoms with Gasteiger partial charge in [-0.1, -0.05) is 32.4 Å². The van der Waals surface area contributed by atoms with Gasteiger partial charge < -0.3 is 19.8 Å².